The van der Waals surface area contributed by atoms with Crippen LogP contribution in [0.25, 0.3) is 0 Å². The van der Waals surface area contributed by atoms with Gasteiger partial charge in [0, 0.05) is 12.5 Å². The summed E-state index contributed by atoms with van der Waals surface area (Å²) in [7, 11) is 1.69. The van der Waals surface area contributed by atoms with Crippen LogP contribution in [0, 0.1) is 11.3 Å². The van der Waals surface area contributed by atoms with Crippen LogP contribution < -0.4 is 0 Å². The maximum absolute atomic E-state index is 10.2. The number of aliphatic hydroxyl groups excluding tert-OH is 1. The highest BCUT2D eigenvalue weighted by Crippen LogP contribution is 2.51. The van der Waals surface area contributed by atoms with Gasteiger partial charge in [-0.1, -0.05) is 26.0 Å². The molecule has 0 amide bonds. The Morgan fingerprint density at radius 2 is 2.15 bits per heavy atom. The molecule has 1 saturated carbocycles. The number of ether oxygens (including phenoxy) is 1. The number of rotatable bonds is 1. The van der Waals surface area contributed by atoms with E-state index in [1.807, 2.05) is 0 Å². The van der Waals surface area contributed by atoms with Crippen LogP contribution in [0.4, 0.5) is 0 Å². The molecule has 1 fully saturated rings. The minimum Gasteiger partial charge on any atom is -0.389 e. The molecule has 74 valence electrons. The Morgan fingerprint density at radius 1 is 1.46 bits per heavy atom. The van der Waals surface area contributed by atoms with Gasteiger partial charge in [0.2, 0.25) is 0 Å². The predicted molar refractivity (Wildman–Crippen MR) is 51.4 cm³/mol. The smallest absolute Gasteiger partial charge is 0.112 e. The molecule has 13 heavy (non-hydrogen) atoms. The lowest BCUT2D eigenvalue weighted by Gasteiger charge is -2.54. The Morgan fingerprint density at radius 3 is 2.54 bits per heavy atom. The zero-order valence-corrected chi connectivity index (χ0v) is 8.58. The molecule has 2 nitrogen and oxygen atoms in total. The summed E-state index contributed by atoms with van der Waals surface area (Å²) in [5.74, 6) is 0.513. The van der Waals surface area contributed by atoms with Crippen LogP contribution in [0.2, 0.25) is 0 Å². The fourth-order valence-electron chi connectivity index (χ4n) is 2.80. The molecule has 3 aliphatic carbocycles. The minimum atomic E-state index is -0.405. The summed E-state index contributed by atoms with van der Waals surface area (Å²) in [5, 5.41) is 10.2. The summed E-state index contributed by atoms with van der Waals surface area (Å²) in [4.78, 5) is 0. The quantitative estimate of drug-likeness (QED) is 0.626. The van der Waals surface area contributed by atoms with E-state index in [1.165, 1.54) is 0 Å². The normalized spacial score (nSPS) is 46.8. The molecule has 2 heteroatoms. The monoisotopic (exact) mass is 182 g/mol. The Bertz CT molecular complexity index is 244. The number of hydrogen-bond acceptors (Lipinski definition) is 2. The van der Waals surface area contributed by atoms with Crippen LogP contribution in [0.3, 0.4) is 0 Å². The molecular weight excluding hydrogens is 164 g/mol. The minimum absolute atomic E-state index is 0.0387. The molecule has 0 radical (unpaired) electrons. The molecule has 0 aromatic heterocycles. The number of hydrogen-bond donors (Lipinski definition) is 1. The molecular formula is C11H18O2. The van der Waals surface area contributed by atoms with Gasteiger partial charge in [0.1, 0.15) is 5.60 Å². The van der Waals surface area contributed by atoms with Crippen molar-refractivity contribution in [1.82, 2.24) is 0 Å². The molecule has 3 aliphatic rings. The van der Waals surface area contributed by atoms with Crippen LogP contribution in [-0.2, 0) is 4.74 Å². The summed E-state index contributed by atoms with van der Waals surface area (Å²) < 4.78 is 5.48. The molecule has 0 aliphatic heterocycles. The van der Waals surface area contributed by atoms with Gasteiger partial charge in [0.15, 0.2) is 0 Å². The van der Waals surface area contributed by atoms with E-state index >= 15 is 0 Å². The largest absolute Gasteiger partial charge is 0.389 e. The summed E-state index contributed by atoms with van der Waals surface area (Å²) in [6.45, 7) is 4.25. The van der Waals surface area contributed by atoms with E-state index in [9.17, 15) is 5.11 Å². The highest BCUT2D eigenvalue weighted by molar-refractivity contribution is 5.22. The second-order valence-electron chi connectivity index (χ2n) is 4.89. The van der Waals surface area contributed by atoms with E-state index in [0.29, 0.717) is 5.92 Å². The van der Waals surface area contributed by atoms with Gasteiger partial charge < -0.3 is 9.84 Å². The van der Waals surface area contributed by atoms with Crippen molar-refractivity contribution in [2.75, 3.05) is 7.11 Å². The lowest BCUT2D eigenvalue weighted by atomic mass is 9.57. The van der Waals surface area contributed by atoms with Crippen molar-refractivity contribution in [1.29, 1.82) is 0 Å². The number of aliphatic hydroxyl groups is 1. The Balaban J connectivity index is 2.41. The summed E-state index contributed by atoms with van der Waals surface area (Å²) in [5.41, 5.74) is -0.443. The van der Waals surface area contributed by atoms with Gasteiger partial charge in [-0.05, 0) is 18.8 Å². The first kappa shape index (κ1) is 9.22. The van der Waals surface area contributed by atoms with E-state index in [4.69, 9.17) is 4.74 Å². The van der Waals surface area contributed by atoms with Crippen LogP contribution in [0.5, 0.6) is 0 Å². The van der Waals surface area contributed by atoms with Crippen LogP contribution in [0.1, 0.15) is 26.7 Å². The number of fused-ring (bicyclic) bond motifs is 2. The number of allylic oxidation sites excluding steroid dienone is 1. The van der Waals surface area contributed by atoms with Crippen molar-refractivity contribution in [2.24, 2.45) is 11.3 Å². The zero-order valence-electron chi connectivity index (χ0n) is 8.58. The molecule has 2 bridgehead atoms. The maximum Gasteiger partial charge on any atom is 0.112 e. The van der Waals surface area contributed by atoms with E-state index < -0.39 is 5.60 Å². The van der Waals surface area contributed by atoms with Crippen molar-refractivity contribution in [3.05, 3.63) is 12.2 Å². The first-order valence-electron chi connectivity index (χ1n) is 4.95. The molecule has 0 aromatic carbocycles. The molecule has 0 aromatic rings. The third-order valence-corrected chi connectivity index (χ3v) is 3.96. The average Bonchev–Trinajstić information content (AvgIpc) is 2.15. The molecule has 1 N–H and O–H groups in total. The van der Waals surface area contributed by atoms with E-state index in [0.717, 1.165) is 12.8 Å². The Hall–Kier alpha value is -0.340. The Labute approximate surface area is 79.6 Å². The summed E-state index contributed by atoms with van der Waals surface area (Å²) in [6, 6.07) is 0. The average molecular weight is 182 g/mol. The lowest BCUT2D eigenvalue weighted by molar-refractivity contribution is -0.166. The highest BCUT2D eigenvalue weighted by atomic mass is 16.5. The van der Waals surface area contributed by atoms with Gasteiger partial charge >= 0.3 is 0 Å². The maximum atomic E-state index is 10.2. The SMILES string of the molecule is CO[C@@]12C=C[C@H](CC1)C(C)(C)[C@H]2O. The molecule has 3 rings (SSSR count). The molecule has 3 atom stereocenters. The zero-order chi connectivity index (χ0) is 9.69. The van der Waals surface area contributed by atoms with Crippen molar-refractivity contribution in [2.45, 2.75) is 38.4 Å². The summed E-state index contributed by atoms with van der Waals surface area (Å²) >= 11 is 0. The van der Waals surface area contributed by atoms with E-state index in [2.05, 4.69) is 26.0 Å². The highest BCUT2D eigenvalue weighted by Gasteiger charge is 2.54. The van der Waals surface area contributed by atoms with Crippen LogP contribution in [-0.4, -0.2) is 23.9 Å². The van der Waals surface area contributed by atoms with Crippen LogP contribution >= 0.6 is 0 Å². The van der Waals surface area contributed by atoms with E-state index in [-0.39, 0.29) is 11.5 Å². The Kier molecular flexibility index (Phi) is 1.83. The fraction of sp³-hybridized carbons (Fsp3) is 0.818. The molecule has 0 heterocycles. The fourth-order valence-corrected chi connectivity index (χ4v) is 2.80. The van der Waals surface area contributed by atoms with Gasteiger partial charge in [0.05, 0.1) is 6.10 Å². The van der Waals surface area contributed by atoms with E-state index in [1.54, 1.807) is 7.11 Å². The molecule has 0 spiro atoms. The van der Waals surface area contributed by atoms with Crippen molar-refractivity contribution in [3.8, 4) is 0 Å². The first-order chi connectivity index (χ1) is 6.03. The van der Waals surface area contributed by atoms with Crippen LogP contribution in [0.15, 0.2) is 12.2 Å². The second kappa shape index (κ2) is 2.58. The third kappa shape index (κ3) is 1.02. The van der Waals surface area contributed by atoms with Gasteiger partial charge in [-0.2, -0.15) is 0 Å². The summed E-state index contributed by atoms with van der Waals surface area (Å²) in [6.07, 6.45) is 5.98. The second-order valence-corrected chi connectivity index (χ2v) is 4.89. The van der Waals surface area contributed by atoms with Gasteiger partial charge in [-0.25, -0.2) is 0 Å². The standard InChI is InChI=1S/C11H18O2/c1-10(2)8-4-6-11(13-3,7-5-8)9(10)12/h4,6,8-9,12H,5,7H2,1-3H3/t8-,9-,11+/m1/s1. The molecule has 0 saturated heterocycles. The van der Waals surface area contributed by atoms with Gasteiger partial charge in [-0.3, -0.25) is 0 Å². The van der Waals surface area contributed by atoms with Gasteiger partial charge in [-0.15, -0.1) is 0 Å². The topological polar surface area (TPSA) is 29.5 Å². The lowest BCUT2D eigenvalue weighted by Crippen LogP contribution is -2.59. The van der Waals surface area contributed by atoms with Crippen molar-refractivity contribution >= 4 is 0 Å². The number of methoxy groups -OCH3 is 1. The van der Waals surface area contributed by atoms with Gasteiger partial charge in [0.25, 0.3) is 0 Å². The predicted octanol–water partition coefficient (Wildman–Crippen LogP) is 1.74. The van der Waals surface area contributed by atoms with Crippen molar-refractivity contribution < 1.29 is 9.84 Å². The first-order valence-corrected chi connectivity index (χ1v) is 4.95. The third-order valence-electron chi connectivity index (χ3n) is 3.96. The molecule has 0 unspecified atom stereocenters. The van der Waals surface area contributed by atoms with Crippen molar-refractivity contribution in [3.63, 3.8) is 0 Å².